The molecular formula is C8H19N3. The standard InChI is InChI=1S/C8H19N3/c1-6-7(9-3)8(2,10-4)11-5/h6,9-11H,1-5H3. The van der Waals surface area contributed by atoms with Crippen LogP contribution in [0.3, 0.4) is 0 Å². The van der Waals surface area contributed by atoms with E-state index in [2.05, 4.69) is 22.9 Å². The zero-order valence-corrected chi connectivity index (χ0v) is 8.08. The van der Waals surface area contributed by atoms with Crippen molar-refractivity contribution in [2.45, 2.75) is 19.5 Å². The molecular weight excluding hydrogens is 138 g/mol. The topological polar surface area (TPSA) is 36.1 Å². The van der Waals surface area contributed by atoms with Gasteiger partial charge < -0.3 is 5.32 Å². The van der Waals surface area contributed by atoms with Crippen LogP contribution >= 0.6 is 0 Å². The van der Waals surface area contributed by atoms with Gasteiger partial charge in [-0.1, -0.05) is 6.08 Å². The van der Waals surface area contributed by atoms with Gasteiger partial charge in [0.25, 0.3) is 0 Å². The third-order valence-electron chi connectivity index (χ3n) is 2.10. The van der Waals surface area contributed by atoms with Gasteiger partial charge in [0.1, 0.15) is 5.66 Å². The fourth-order valence-electron chi connectivity index (χ4n) is 1.08. The van der Waals surface area contributed by atoms with Crippen molar-refractivity contribution in [2.75, 3.05) is 21.1 Å². The Kier molecular flexibility index (Phi) is 4.15. The number of nitrogens with one attached hydrogen (secondary N) is 3. The summed E-state index contributed by atoms with van der Waals surface area (Å²) in [5.41, 5.74) is 0.992. The first-order valence-electron chi connectivity index (χ1n) is 3.87. The smallest absolute Gasteiger partial charge is 0.106 e. The van der Waals surface area contributed by atoms with E-state index >= 15 is 0 Å². The average molecular weight is 157 g/mol. The van der Waals surface area contributed by atoms with Crippen molar-refractivity contribution in [3.8, 4) is 0 Å². The summed E-state index contributed by atoms with van der Waals surface area (Å²) in [6.45, 7) is 4.09. The highest BCUT2D eigenvalue weighted by atomic mass is 15.2. The minimum absolute atomic E-state index is 0.149. The molecule has 3 N–H and O–H groups in total. The third kappa shape index (κ3) is 2.20. The average Bonchev–Trinajstić information content (AvgIpc) is 2.06. The molecule has 11 heavy (non-hydrogen) atoms. The molecule has 0 aliphatic rings. The summed E-state index contributed by atoms with van der Waals surface area (Å²) in [6.07, 6.45) is 2.05. The van der Waals surface area contributed by atoms with Crippen molar-refractivity contribution < 1.29 is 0 Å². The summed E-state index contributed by atoms with van der Waals surface area (Å²) in [5, 5.41) is 9.51. The van der Waals surface area contributed by atoms with Crippen LogP contribution in [-0.2, 0) is 0 Å². The number of hydrogen-bond acceptors (Lipinski definition) is 3. The molecule has 0 aliphatic carbocycles. The summed E-state index contributed by atoms with van der Waals surface area (Å²) >= 11 is 0. The quantitative estimate of drug-likeness (QED) is 0.512. The van der Waals surface area contributed by atoms with Gasteiger partial charge in [-0.15, -0.1) is 0 Å². The van der Waals surface area contributed by atoms with Gasteiger partial charge in [0, 0.05) is 12.7 Å². The van der Waals surface area contributed by atoms with Crippen LogP contribution < -0.4 is 16.0 Å². The molecule has 0 aromatic carbocycles. The van der Waals surface area contributed by atoms with E-state index in [1.165, 1.54) is 0 Å². The minimum atomic E-state index is -0.149. The van der Waals surface area contributed by atoms with Crippen molar-refractivity contribution in [2.24, 2.45) is 0 Å². The highest BCUT2D eigenvalue weighted by molar-refractivity contribution is 5.13. The maximum atomic E-state index is 3.19. The Hall–Kier alpha value is -0.540. The molecule has 3 heteroatoms. The van der Waals surface area contributed by atoms with Gasteiger partial charge in [0.15, 0.2) is 0 Å². The summed E-state index contributed by atoms with van der Waals surface area (Å²) in [4.78, 5) is 0. The molecule has 0 spiro atoms. The molecule has 0 heterocycles. The molecule has 0 rings (SSSR count). The lowest BCUT2D eigenvalue weighted by atomic mass is 10.1. The van der Waals surface area contributed by atoms with Gasteiger partial charge >= 0.3 is 0 Å². The van der Waals surface area contributed by atoms with E-state index < -0.39 is 0 Å². The van der Waals surface area contributed by atoms with Crippen LogP contribution in [0, 0.1) is 0 Å². The van der Waals surface area contributed by atoms with Gasteiger partial charge in [-0.3, -0.25) is 10.6 Å². The van der Waals surface area contributed by atoms with E-state index in [0.717, 1.165) is 5.70 Å². The van der Waals surface area contributed by atoms with Gasteiger partial charge in [0.2, 0.25) is 0 Å². The zero-order valence-electron chi connectivity index (χ0n) is 8.08. The molecule has 0 aromatic heterocycles. The van der Waals surface area contributed by atoms with Crippen molar-refractivity contribution in [1.29, 1.82) is 0 Å². The summed E-state index contributed by atoms with van der Waals surface area (Å²) in [5.74, 6) is 0. The van der Waals surface area contributed by atoms with Crippen LogP contribution in [-0.4, -0.2) is 26.8 Å². The lowest BCUT2D eigenvalue weighted by molar-refractivity contribution is 0.371. The maximum Gasteiger partial charge on any atom is 0.106 e. The van der Waals surface area contributed by atoms with Crippen LogP contribution in [0.25, 0.3) is 0 Å². The molecule has 0 saturated heterocycles. The van der Waals surface area contributed by atoms with E-state index in [1.54, 1.807) is 0 Å². The highest BCUT2D eigenvalue weighted by Crippen LogP contribution is 2.07. The molecule has 0 unspecified atom stereocenters. The fraction of sp³-hybridized carbons (Fsp3) is 0.750. The van der Waals surface area contributed by atoms with Crippen LogP contribution in [0.1, 0.15) is 13.8 Å². The maximum absolute atomic E-state index is 3.19. The normalized spacial score (nSPS) is 13.4. The second kappa shape index (κ2) is 4.36. The van der Waals surface area contributed by atoms with E-state index in [4.69, 9.17) is 0 Å². The second-order valence-corrected chi connectivity index (χ2v) is 2.58. The first-order valence-corrected chi connectivity index (χ1v) is 3.87. The molecule has 66 valence electrons. The minimum Gasteiger partial charge on any atom is -0.389 e. The molecule has 0 bridgehead atoms. The van der Waals surface area contributed by atoms with E-state index in [-0.39, 0.29) is 5.66 Å². The zero-order chi connectivity index (χ0) is 8.91. The Bertz CT molecular complexity index is 136. The Morgan fingerprint density at radius 1 is 1.18 bits per heavy atom. The lowest BCUT2D eigenvalue weighted by Crippen LogP contribution is -2.55. The van der Waals surface area contributed by atoms with Crippen molar-refractivity contribution in [3.63, 3.8) is 0 Å². The van der Waals surface area contributed by atoms with Gasteiger partial charge in [-0.2, -0.15) is 0 Å². The van der Waals surface area contributed by atoms with Crippen LogP contribution in [0.4, 0.5) is 0 Å². The highest BCUT2D eigenvalue weighted by Gasteiger charge is 2.22. The molecule has 0 atom stereocenters. The predicted molar refractivity (Wildman–Crippen MR) is 49.3 cm³/mol. The summed E-state index contributed by atoms with van der Waals surface area (Å²) in [7, 11) is 5.77. The van der Waals surface area contributed by atoms with E-state index in [0.29, 0.717) is 0 Å². The molecule has 0 amide bonds. The molecule has 0 radical (unpaired) electrons. The van der Waals surface area contributed by atoms with Crippen LogP contribution in [0.15, 0.2) is 11.8 Å². The van der Waals surface area contributed by atoms with Gasteiger partial charge in [-0.25, -0.2) is 0 Å². The summed E-state index contributed by atoms with van der Waals surface area (Å²) in [6, 6.07) is 0. The molecule has 3 nitrogen and oxygen atoms in total. The Labute approximate surface area is 69.3 Å². The first kappa shape index (κ1) is 10.5. The Morgan fingerprint density at radius 3 is 1.73 bits per heavy atom. The lowest BCUT2D eigenvalue weighted by Gasteiger charge is -2.31. The number of hydrogen-bond donors (Lipinski definition) is 3. The SMILES string of the molecule is CC=C(NC)C(C)(NC)NC. The van der Waals surface area contributed by atoms with Gasteiger partial charge in [-0.05, 0) is 27.9 Å². The first-order chi connectivity index (χ1) is 5.14. The van der Waals surface area contributed by atoms with Crippen molar-refractivity contribution in [1.82, 2.24) is 16.0 Å². The van der Waals surface area contributed by atoms with E-state index in [1.807, 2.05) is 34.1 Å². The number of likely N-dealkylation sites (N-methyl/N-ethyl adjacent to an activating group) is 3. The van der Waals surface area contributed by atoms with E-state index in [9.17, 15) is 0 Å². The summed E-state index contributed by atoms with van der Waals surface area (Å²) < 4.78 is 0. The Balaban J connectivity index is 4.46. The predicted octanol–water partition coefficient (Wildman–Crippen LogP) is 0.265. The number of allylic oxidation sites excluding steroid dienone is 1. The largest absolute Gasteiger partial charge is 0.389 e. The number of rotatable bonds is 4. The van der Waals surface area contributed by atoms with Gasteiger partial charge in [0.05, 0.1) is 0 Å². The fourth-order valence-corrected chi connectivity index (χ4v) is 1.08. The second-order valence-electron chi connectivity index (χ2n) is 2.58. The molecule has 0 saturated carbocycles. The van der Waals surface area contributed by atoms with Crippen LogP contribution in [0.5, 0.6) is 0 Å². The molecule has 0 fully saturated rings. The van der Waals surface area contributed by atoms with Crippen molar-refractivity contribution in [3.05, 3.63) is 11.8 Å². The van der Waals surface area contributed by atoms with Crippen molar-refractivity contribution >= 4 is 0 Å². The third-order valence-corrected chi connectivity index (χ3v) is 2.10. The Morgan fingerprint density at radius 2 is 1.64 bits per heavy atom. The molecule has 0 aromatic rings. The van der Waals surface area contributed by atoms with Crippen LogP contribution in [0.2, 0.25) is 0 Å². The molecule has 0 aliphatic heterocycles. The monoisotopic (exact) mass is 157 g/mol.